The molecule has 0 bridgehead atoms. The Bertz CT molecular complexity index is 513. The van der Waals surface area contributed by atoms with Crippen LogP contribution < -0.4 is 10.6 Å². The van der Waals surface area contributed by atoms with Gasteiger partial charge >= 0.3 is 0 Å². The molecule has 2 rings (SSSR count). The van der Waals surface area contributed by atoms with Crippen LogP contribution in [0.1, 0.15) is 0 Å². The average molecular weight is 246 g/mol. The predicted octanol–water partition coefficient (Wildman–Crippen LogP) is 1.68. The lowest BCUT2D eigenvalue weighted by Crippen LogP contribution is -2.26. The molecule has 0 saturated heterocycles. The van der Waals surface area contributed by atoms with Crippen LogP contribution in [0.2, 0.25) is 0 Å². The van der Waals surface area contributed by atoms with Gasteiger partial charge in [-0.05, 0) is 17.7 Å². The number of nitrogens with zero attached hydrogens (tertiary/aromatic N) is 3. The van der Waals surface area contributed by atoms with Gasteiger partial charge in [-0.2, -0.15) is 0 Å². The van der Waals surface area contributed by atoms with Crippen molar-refractivity contribution in [3.05, 3.63) is 42.5 Å². The van der Waals surface area contributed by atoms with Crippen molar-refractivity contribution in [2.75, 3.05) is 25.0 Å². The zero-order valence-electron chi connectivity index (χ0n) is 10.2. The van der Waals surface area contributed by atoms with Crippen molar-refractivity contribution in [2.24, 2.45) is 5.73 Å². The van der Waals surface area contributed by atoms with Crippen LogP contribution in [-0.4, -0.2) is 30.1 Å². The highest BCUT2D eigenvalue weighted by molar-refractivity contribution is 5.61. The first-order chi connectivity index (χ1) is 8.70. The summed E-state index contributed by atoms with van der Waals surface area (Å²) in [6.07, 6.45) is 3.37. The molecule has 0 radical (unpaired) electrons. The molecular formula is C13H15FN4. The lowest BCUT2D eigenvalue weighted by molar-refractivity contribution is 0.628. The van der Waals surface area contributed by atoms with Gasteiger partial charge in [0.15, 0.2) is 0 Å². The van der Waals surface area contributed by atoms with Gasteiger partial charge in [0.2, 0.25) is 5.95 Å². The molecule has 0 amide bonds. The fourth-order valence-electron chi connectivity index (χ4n) is 1.63. The Hall–Kier alpha value is -2.01. The highest BCUT2D eigenvalue weighted by atomic mass is 19.1. The predicted molar refractivity (Wildman–Crippen MR) is 69.8 cm³/mol. The van der Waals surface area contributed by atoms with E-state index in [1.807, 2.05) is 18.0 Å². The number of hydrogen-bond acceptors (Lipinski definition) is 4. The zero-order chi connectivity index (χ0) is 13.0. The maximum absolute atomic E-state index is 13.1. The number of hydrogen-bond donors (Lipinski definition) is 1. The molecule has 1 aromatic heterocycles. The third kappa shape index (κ3) is 2.81. The second-order valence-corrected chi connectivity index (χ2v) is 3.99. The van der Waals surface area contributed by atoms with Gasteiger partial charge in [0.1, 0.15) is 5.82 Å². The zero-order valence-corrected chi connectivity index (χ0v) is 10.2. The van der Waals surface area contributed by atoms with Gasteiger partial charge in [0.25, 0.3) is 0 Å². The number of rotatable bonds is 4. The maximum atomic E-state index is 13.1. The van der Waals surface area contributed by atoms with E-state index in [4.69, 9.17) is 5.73 Å². The number of anilines is 1. The summed E-state index contributed by atoms with van der Waals surface area (Å²) >= 11 is 0. The fraction of sp³-hybridized carbons (Fsp3) is 0.231. The van der Waals surface area contributed by atoms with E-state index in [1.165, 1.54) is 12.1 Å². The molecule has 0 fully saturated rings. The molecule has 2 aromatic rings. The standard InChI is InChI=1S/C13H15FN4/c1-18(6-5-15)13-16-8-11(9-17-13)10-3-2-4-12(14)7-10/h2-4,7-9H,5-6,15H2,1H3. The normalized spacial score (nSPS) is 10.4. The number of halogens is 1. The summed E-state index contributed by atoms with van der Waals surface area (Å²) in [5, 5.41) is 0. The molecule has 1 aromatic carbocycles. The van der Waals surface area contributed by atoms with E-state index < -0.39 is 0 Å². The lowest BCUT2D eigenvalue weighted by Gasteiger charge is -2.15. The van der Waals surface area contributed by atoms with E-state index >= 15 is 0 Å². The highest BCUT2D eigenvalue weighted by Gasteiger charge is 2.04. The summed E-state index contributed by atoms with van der Waals surface area (Å²) in [6, 6.07) is 6.36. The first-order valence-corrected chi connectivity index (χ1v) is 5.70. The molecule has 0 atom stereocenters. The Morgan fingerprint density at radius 1 is 1.22 bits per heavy atom. The molecule has 0 aliphatic heterocycles. The summed E-state index contributed by atoms with van der Waals surface area (Å²) in [7, 11) is 1.88. The second-order valence-electron chi connectivity index (χ2n) is 3.99. The minimum atomic E-state index is -0.267. The van der Waals surface area contributed by atoms with Gasteiger partial charge in [-0.1, -0.05) is 12.1 Å². The van der Waals surface area contributed by atoms with Crippen LogP contribution in [-0.2, 0) is 0 Å². The SMILES string of the molecule is CN(CCN)c1ncc(-c2cccc(F)c2)cn1. The molecule has 94 valence electrons. The Kier molecular flexibility index (Phi) is 3.84. The Morgan fingerprint density at radius 2 is 1.94 bits per heavy atom. The van der Waals surface area contributed by atoms with E-state index in [0.717, 1.165) is 11.1 Å². The Morgan fingerprint density at radius 3 is 2.56 bits per heavy atom. The van der Waals surface area contributed by atoms with Crippen molar-refractivity contribution >= 4 is 5.95 Å². The summed E-state index contributed by atoms with van der Waals surface area (Å²) in [5.41, 5.74) is 7.02. The lowest BCUT2D eigenvalue weighted by atomic mass is 10.1. The molecule has 0 unspecified atom stereocenters. The Labute approximate surface area is 105 Å². The number of benzene rings is 1. The van der Waals surface area contributed by atoms with Crippen LogP contribution in [0.25, 0.3) is 11.1 Å². The van der Waals surface area contributed by atoms with E-state index in [2.05, 4.69) is 9.97 Å². The van der Waals surface area contributed by atoms with Crippen molar-refractivity contribution in [3.63, 3.8) is 0 Å². The van der Waals surface area contributed by atoms with Gasteiger partial charge in [0, 0.05) is 38.1 Å². The highest BCUT2D eigenvalue weighted by Crippen LogP contribution is 2.19. The fourth-order valence-corrected chi connectivity index (χ4v) is 1.63. The van der Waals surface area contributed by atoms with Crippen LogP contribution in [0.5, 0.6) is 0 Å². The summed E-state index contributed by atoms with van der Waals surface area (Å²) in [5.74, 6) is 0.345. The van der Waals surface area contributed by atoms with Crippen molar-refractivity contribution in [2.45, 2.75) is 0 Å². The van der Waals surface area contributed by atoms with Crippen LogP contribution in [0.3, 0.4) is 0 Å². The van der Waals surface area contributed by atoms with Crippen molar-refractivity contribution in [1.82, 2.24) is 9.97 Å². The van der Waals surface area contributed by atoms with Crippen molar-refractivity contribution < 1.29 is 4.39 Å². The van der Waals surface area contributed by atoms with Gasteiger partial charge in [-0.25, -0.2) is 14.4 Å². The number of aromatic nitrogens is 2. The van der Waals surface area contributed by atoms with E-state index in [1.54, 1.807) is 18.5 Å². The van der Waals surface area contributed by atoms with Crippen LogP contribution in [0.15, 0.2) is 36.7 Å². The second kappa shape index (κ2) is 5.55. The maximum Gasteiger partial charge on any atom is 0.225 e. The van der Waals surface area contributed by atoms with Gasteiger partial charge < -0.3 is 10.6 Å². The molecule has 0 aliphatic carbocycles. The summed E-state index contributed by atoms with van der Waals surface area (Å²) < 4.78 is 13.1. The number of likely N-dealkylation sites (N-methyl/N-ethyl adjacent to an activating group) is 1. The molecule has 0 spiro atoms. The minimum absolute atomic E-state index is 0.267. The van der Waals surface area contributed by atoms with E-state index in [9.17, 15) is 4.39 Å². The molecule has 0 aliphatic rings. The smallest absolute Gasteiger partial charge is 0.225 e. The third-order valence-electron chi connectivity index (χ3n) is 2.60. The molecule has 4 nitrogen and oxygen atoms in total. The molecule has 2 N–H and O–H groups in total. The number of nitrogens with two attached hydrogens (primary N) is 1. The van der Waals surface area contributed by atoms with E-state index in [-0.39, 0.29) is 5.82 Å². The first-order valence-electron chi connectivity index (χ1n) is 5.70. The van der Waals surface area contributed by atoms with Gasteiger partial charge in [0.05, 0.1) is 0 Å². The van der Waals surface area contributed by atoms with Gasteiger partial charge in [-0.15, -0.1) is 0 Å². The molecule has 18 heavy (non-hydrogen) atoms. The van der Waals surface area contributed by atoms with Crippen LogP contribution in [0.4, 0.5) is 10.3 Å². The molecule has 0 saturated carbocycles. The monoisotopic (exact) mass is 246 g/mol. The average Bonchev–Trinajstić information content (AvgIpc) is 2.39. The van der Waals surface area contributed by atoms with Crippen LogP contribution >= 0.6 is 0 Å². The van der Waals surface area contributed by atoms with E-state index in [0.29, 0.717) is 19.0 Å². The largest absolute Gasteiger partial charge is 0.343 e. The summed E-state index contributed by atoms with van der Waals surface area (Å²) in [4.78, 5) is 10.4. The van der Waals surface area contributed by atoms with Gasteiger partial charge in [-0.3, -0.25) is 0 Å². The molecule has 5 heteroatoms. The minimum Gasteiger partial charge on any atom is -0.343 e. The Balaban J connectivity index is 2.22. The van der Waals surface area contributed by atoms with Crippen molar-refractivity contribution in [1.29, 1.82) is 0 Å². The van der Waals surface area contributed by atoms with Crippen molar-refractivity contribution in [3.8, 4) is 11.1 Å². The molecular weight excluding hydrogens is 231 g/mol. The quantitative estimate of drug-likeness (QED) is 0.891. The third-order valence-corrected chi connectivity index (χ3v) is 2.60. The van der Waals surface area contributed by atoms with Crippen LogP contribution in [0, 0.1) is 5.82 Å². The molecule has 1 heterocycles. The topological polar surface area (TPSA) is 55.0 Å². The summed E-state index contributed by atoms with van der Waals surface area (Å²) in [6.45, 7) is 1.24. The first kappa shape index (κ1) is 12.4.